The van der Waals surface area contributed by atoms with Gasteiger partial charge in [-0.3, -0.25) is 0 Å². The summed E-state index contributed by atoms with van der Waals surface area (Å²) in [5, 5.41) is 18.3. The first kappa shape index (κ1) is 27.9. The summed E-state index contributed by atoms with van der Waals surface area (Å²) in [5.74, 6) is -2.54. The minimum absolute atomic E-state index is 0.0123. The third-order valence-corrected chi connectivity index (χ3v) is 7.29. The quantitative estimate of drug-likeness (QED) is 0.225. The van der Waals surface area contributed by atoms with Crippen LogP contribution in [0.15, 0.2) is 66.7 Å². The molecule has 3 heterocycles. The number of aromatic carboxylic acids is 1. The van der Waals surface area contributed by atoms with Crippen molar-refractivity contribution in [2.75, 3.05) is 6.61 Å². The van der Waals surface area contributed by atoms with Gasteiger partial charge in [0.15, 0.2) is 5.82 Å². The highest BCUT2D eigenvalue weighted by Crippen LogP contribution is 2.28. The number of nitrogens with zero attached hydrogens (tertiary/aromatic N) is 4. The lowest BCUT2D eigenvalue weighted by atomic mass is 10.1. The first-order valence-corrected chi connectivity index (χ1v) is 13.4. The summed E-state index contributed by atoms with van der Waals surface area (Å²) in [5.41, 5.74) is 1.79. The van der Waals surface area contributed by atoms with Gasteiger partial charge < -0.3 is 19.1 Å². The van der Waals surface area contributed by atoms with E-state index in [0.29, 0.717) is 41.3 Å². The number of carboxylic acids is 1. The van der Waals surface area contributed by atoms with Crippen LogP contribution in [-0.4, -0.2) is 38.3 Å². The van der Waals surface area contributed by atoms with Crippen LogP contribution in [0.1, 0.15) is 39.3 Å². The number of carboxylic acid groups (broad SMARTS) is 1. The fraction of sp³-hybridized carbons (Fsp3) is 0.188. The minimum atomic E-state index is -1.26. The molecule has 1 aliphatic rings. The zero-order chi connectivity index (χ0) is 30.1. The van der Waals surface area contributed by atoms with Gasteiger partial charge in [0.1, 0.15) is 29.6 Å². The zero-order valence-corrected chi connectivity index (χ0v) is 22.6. The van der Waals surface area contributed by atoms with Crippen LogP contribution in [0.3, 0.4) is 0 Å². The summed E-state index contributed by atoms with van der Waals surface area (Å²) < 4.78 is 57.4. The molecule has 0 saturated carbocycles. The maximum atomic E-state index is 15.4. The second-order valence-corrected chi connectivity index (χ2v) is 10.1. The number of hydrogen-bond acceptors (Lipinski definition) is 6. The van der Waals surface area contributed by atoms with E-state index in [-0.39, 0.29) is 47.2 Å². The fourth-order valence-electron chi connectivity index (χ4n) is 4.89. The number of hydrogen-bond donors (Lipinski definition) is 1. The lowest BCUT2D eigenvalue weighted by Gasteiger charge is -2.27. The average molecular weight is 585 g/mol. The van der Waals surface area contributed by atoms with Crippen LogP contribution < -0.4 is 4.74 Å². The lowest BCUT2D eigenvalue weighted by Crippen LogP contribution is -2.31. The highest BCUT2D eigenvalue weighted by molar-refractivity contribution is 5.92. The van der Waals surface area contributed by atoms with E-state index < -0.39 is 23.4 Å². The fourth-order valence-corrected chi connectivity index (χ4v) is 4.89. The summed E-state index contributed by atoms with van der Waals surface area (Å²) in [7, 11) is 0. The van der Waals surface area contributed by atoms with Crippen LogP contribution >= 0.6 is 0 Å². The van der Waals surface area contributed by atoms with Crippen molar-refractivity contribution >= 4 is 17.0 Å². The number of pyridine rings is 1. The molecule has 0 unspecified atom stereocenters. The SMILES string of the molecule is N#Cc1ccc(COc2cccc(-c3ccc(Cc4nc5c(F)cc(C(=O)O)cc5n4C[C@@H]4CCO4)c(F)c3)n2)c(F)c1. The monoisotopic (exact) mass is 584 g/mol. The van der Waals surface area contributed by atoms with Gasteiger partial charge in [0, 0.05) is 30.2 Å². The molecule has 3 aromatic carbocycles. The van der Waals surface area contributed by atoms with Crippen molar-refractivity contribution in [2.45, 2.75) is 32.1 Å². The molecule has 0 radical (unpaired) electrons. The van der Waals surface area contributed by atoms with E-state index in [1.807, 2.05) is 6.07 Å². The van der Waals surface area contributed by atoms with Crippen molar-refractivity contribution in [3.8, 4) is 23.2 Å². The van der Waals surface area contributed by atoms with E-state index in [1.54, 1.807) is 34.9 Å². The van der Waals surface area contributed by atoms with Crippen molar-refractivity contribution in [1.82, 2.24) is 14.5 Å². The zero-order valence-electron chi connectivity index (χ0n) is 22.6. The Hall–Kier alpha value is -5.21. The molecule has 2 aromatic heterocycles. The number of halogens is 3. The Morgan fingerprint density at radius 2 is 1.81 bits per heavy atom. The van der Waals surface area contributed by atoms with Gasteiger partial charge in [0.2, 0.25) is 5.88 Å². The second kappa shape index (κ2) is 11.6. The standard InChI is InChI=1S/C32H23F3N4O4/c33-24-10-18(15-36)4-5-21(24)17-43-30-3-1-2-27(37-30)20-7-6-19(25(34)11-20)14-29-38-31-26(35)12-22(32(40)41)13-28(31)39(29)16-23-8-9-42-23/h1-7,10-13,23H,8-9,14,16-17H2,(H,40,41)/t23-/m0/s1. The van der Waals surface area contributed by atoms with Gasteiger partial charge in [0.05, 0.1) is 41.1 Å². The van der Waals surface area contributed by atoms with Crippen LogP contribution in [0.5, 0.6) is 5.88 Å². The van der Waals surface area contributed by atoms with E-state index in [9.17, 15) is 18.7 Å². The molecule has 6 rings (SSSR count). The Morgan fingerprint density at radius 3 is 2.51 bits per heavy atom. The first-order valence-electron chi connectivity index (χ1n) is 13.4. The van der Waals surface area contributed by atoms with E-state index in [2.05, 4.69) is 9.97 Å². The number of benzene rings is 3. The van der Waals surface area contributed by atoms with Crippen LogP contribution in [0.2, 0.25) is 0 Å². The third kappa shape index (κ3) is 5.78. The molecule has 216 valence electrons. The molecule has 1 fully saturated rings. The largest absolute Gasteiger partial charge is 0.478 e. The molecule has 8 nitrogen and oxygen atoms in total. The average Bonchev–Trinajstić information content (AvgIpc) is 3.32. The Balaban J connectivity index is 1.24. The predicted molar refractivity (Wildman–Crippen MR) is 149 cm³/mol. The van der Waals surface area contributed by atoms with Gasteiger partial charge in [-0.05, 0) is 48.4 Å². The van der Waals surface area contributed by atoms with Crippen LogP contribution in [-0.2, 0) is 24.3 Å². The maximum absolute atomic E-state index is 15.4. The van der Waals surface area contributed by atoms with E-state index >= 15 is 4.39 Å². The van der Waals surface area contributed by atoms with Crippen LogP contribution in [0.4, 0.5) is 13.2 Å². The topological polar surface area (TPSA) is 110 Å². The Kier molecular flexibility index (Phi) is 7.52. The van der Waals surface area contributed by atoms with Crippen LogP contribution in [0, 0.1) is 28.8 Å². The van der Waals surface area contributed by atoms with Crippen molar-refractivity contribution in [3.05, 3.63) is 112 Å². The molecular formula is C32H23F3N4O4. The summed E-state index contributed by atoms with van der Waals surface area (Å²) >= 11 is 0. The van der Waals surface area contributed by atoms with Crippen molar-refractivity contribution in [1.29, 1.82) is 5.26 Å². The summed E-state index contributed by atoms with van der Waals surface area (Å²) in [4.78, 5) is 20.4. The van der Waals surface area contributed by atoms with Gasteiger partial charge >= 0.3 is 5.97 Å². The van der Waals surface area contributed by atoms with Gasteiger partial charge in [-0.15, -0.1) is 0 Å². The second-order valence-electron chi connectivity index (χ2n) is 10.1. The van der Waals surface area contributed by atoms with Gasteiger partial charge in [-0.1, -0.05) is 24.3 Å². The lowest BCUT2D eigenvalue weighted by molar-refractivity contribution is -0.0589. The van der Waals surface area contributed by atoms with Gasteiger partial charge in [-0.25, -0.2) is 27.9 Å². The molecule has 0 spiro atoms. The molecule has 11 heteroatoms. The summed E-state index contributed by atoms with van der Waals surface area (Å²) in [6.45, 7) is 0.823. The third-order valence-electron chi connectivity index (χ3n) is 7.29. The molecule has 0 bridgehead atoms. The number of nitriles is 1. The molecule has 43 heavy (non-hydrogen) atoms. The summed E-state index contributed by atoms with van der Waals surface area (Å²) in [6, 6.07) is 17.8. The molecule has 0 aliphatic carbocycles. The van der Waals surface area contributed by atoms with Crippen molar-refractivity contribution < 1.29 is 32.5 Å². The maximum Gasteiger partial charge on any atom is 0.335 e. The molecular weight excluding hydrogens is 561 g/mol. The molecule has 1 saturated heterocycles. The molecule has 0 amide bonds. The minimum Gasteiger partial charge on any atom is -0.478 e. The number of imidazole rings is 1. The van der Waals surface area contributed by atoms with E-state index in [1.165, 1.54) is 24.3 Å². The summed E-state index contributed by atoms with van der Waals surface area (Å²) in [6.07, 6.45) is 0.692. The highest BCUT2D eigenvalue weighted by Gasteiger charge is 2.24. The Bertz CT molecular complexity index is 1910. The highest BCUT2D eigenvalue weighted by atomic mass is 19.1. The molecule has 1 N–H and O–H groups in total. The van der Waals surface area contributed by atoms with Crippen molar-refractivity contribution in [3.63, 3.8) is 0 Å². The molecule has 1 atom stereocenters. The smallest absolute Gasteiger partial charge is 0.335 e. The van der Waals surface area contributed by atoms with Gasteiger partial charge in [0.25, 0.3) is 0 Å². The molecule has 1 aliphatic heterocycles. The van der Waals surface area contributed by atoms with E-state index in [0.717, 1.165) is 18.6 Å². The molecule has 5 aromatic rings. The first-order chi connectivity index (χ1) is 20.8. The van der Waals surface area contributed by atoms with E-state index in [4.69, 9.17) is 14.7 Å². The van der Waals surface area contributed by atoms with Crippen molar-refractivity contribution in [2.24, 2.45) is 0 Å². The normalized spacial score (nSPS) is 14.3. The predicted octanol–water partition coefficient (Wildman–Crippen LogP) is 6.04. The number of aromatic nitrogens is 3. The number of carbonyl (C=O) groups is 1. The Labute approximate surface area is 243 Å². The van der Waals surface area contributed by atoms with Gasteiger partial charge in [-0.2, -0.15) is 5.26 Å². The van der Waals surface area contributed by atoms with Crippen LogP contribution in [0.25, 0.3) is 22.3 Å². The number of ether oxygens (including phenoxy) is 2. The Morgan fingerprint density at radius 1 is 1.02 bits per heavy atom. The number of fused-ring (bicyclic) bond motifs is 1. The number of rotatable bonds is 9.